The van der Waals surface area contributed by atoms with E-state index in [1.807, 2.05) is 6.92 Å². The van der Waals surface area contributed by atoms with Gasteiger partial charge in [0.15, 0.2) is 11.6 Å². The van der Waals surface area contributed by atoms with Crippen molar-refractivity contribution in [2.45, 2.75) is 32.8 Å². The van der Waals surface area contributed by atoms with Crippen molar-refractivity contribution in [3.63, 3.8) is 0 Å². The molecule has 0 saturated carbocycles. The summed E-state index contributed by atoms with van der Waals surface area (Å²) in [4.78, 5) is 0. The Balaban J connectivity index is 2.70. The minimum atomic E-state index is -0.907. The predicted octanol–water partition coefficient (Wildman–Crippen LogP) is 2.67. The smallest absolute Gasteiger partial charge is 0.167 e. The van der Waals surface area contributed by atoms with E-state index < -0.39 is 5.60 Å². The largest absolute Gasteiger partial charge is 0.488 e. The van der Waals surface area contributed by atoms with E-state index in [2.05, 4.69) is 0 Å². The molecule has 0 bridgehead atoms. The maximum atomic E-state index is 13.5. The van der Waals surface area contributed by atoms with Crippen LogP contribution in [0.2, 0.25) is 0 Å². The molecule has 1 aromatic rings. The first kappa shape index (κ1) is 12.0. The molecule has 1 atom stereocenters. The first-order valence-electron chi connectivity index (χ1n) is 5.06. The molecule has 0 aliphatic carbocycles. The number of ether oxygens (including phenoxy) is 1. The highest BCUT2D eigenvalue weighted by molar-refractivity contribution is 5.30. The molecular formula is C12H17FO2. The van der Waals surface area contributed by atoms with E-state index in [-0.39, 0.29) is 18.2 Å². The van der Waals surface area contributed by atoms with E-state index in [1.165, 1.54) is 0 Å². The van der Waals surface area contributed by atoms with Crippen LogP contribution in [0.3, 0.4) is 0 Å². The fourth-order valence-electron chi connectivity index (χ4n) is 1.07. The van der Waals surface area contributed by atoms with E-state index in [1.54, 1.807) is 32.0 Å². The lowest BCUT2D eigenvalue weighted by Gasteiger charge is -2.21. The van der Waals surface area contributed by atoms with Crippen molar-refractivity contribution in [1.29, 1.82) is 0 Å². The van der Waals surface area contributed by atoms with Crippen LogP contribution in [-0.2, 0) is 0 Å². The third kappa shape index (κ3) is 3.20. The molecule has 2 nitrogen and oxygen atoms in total. The quantitative estimate of drug-likeness (QED) is 0.831. The molecule has 0 aliphatic rings. The average Bonchev–Trinajstić information content (AvgIpc) is 2.20. The number of hydrogen-bond acceptors (Lipinski definition) is 2. The van der Waals surface area contributed by atoms with Gasteiger partial charge in [0.2, 0.25) is 0 Å². The van der Waals surface area contributed by atoms with Gasteiger partial charge in [-0.25, -0.2) is 4.39 Å². The summed E-state index contributed by atoms with van der Waals surface area (Å²) in [5, 5.41) is 9.70. The van der Waals surface area contributed by atoms with Crippen LogP contribution in [0.4, 0.5) is 4.39 Å². The molecule has 0 heterocycles. The van der Waals surface area contributed by atoms with Gasteiger partial charge in [-0.3, -0.25) is 0 Å². The molecule has 0 radical (unpaired) electrons. The van der Waals surface area contributed by atoms with Crippen LogP contribution in [0.1, 0.15) is 25.8 Å². The second kappa shape index (κ2) is 4.62. The molecule has 15 heavy (non-hydrogen) atoms. The van der Waals surface area contributed by atoms with E-state index >= 15 is 0 Å². The number of halogens is 1. The Kier molecular flexibility index (Phi) is 3.69. The summed E-state index contributed by atoms with van der Waals surface area (Å²) in [6, 6.07) is 4.97. The van der Waals surface area contributed by atoms with Gasteiger partial charge in [-0.2, -0.15) is 0 Å². The fraction of sp³-hybridized carbons (Fsp3) is 0.500. The Morgan fingerprint density at radius 2 is 2.13 bits per heavy atom. The van der Waals surface area contributed by atoms with E-state index in [9.17, 15) is 9.50 Å². The second-order valence-corrected chi connectivity index (χ2v) is 4.03. The van der Waals surface area contributed by atoms with E-state index in [0.717, 1.165) is 0 Å². The van der Waals surface area contributed by atoms with Crippen molar-refractivity contribution in [2.24, 2.45) is 0 Å². The molecule has 0 fully saturated rings. The summed E-state index contributed by atoms with van der Waals surface area (Å²) in [5.74, 6) is -0.159. The van der Waals surface area contributed by atoms with Crippen molar-refractivity contribution >= 4 is 0 Å². The Morgan fingerprint density at radius 1 is 1.47 bits per heavy atom. The number of benzene rings is 1. The minimum Gasteiger partial charge on any atom is -0.488 e. The third-order valence-electron chi connectivity index (χ3n) is 2.46. The molecule has 0 saturated heterocycles. The average molecular weight is 212 g/mol. The molecule has 1 aromatic carbocycles. The Labute approximate surface area is 89.7 Å². The zero-order chi connectivity index (χ0) is 11.5. The first-order valence-corrected chi connectivity index (χ1v) is 5.06. The lowest BCUT2D eigenvalue weighted by Crippen LogP contribution is -2.31. The Hall–Kier alpha value is -1.09. The normalized spacial score (nSPS) is 14.7. The van der Waals surface area contributed by atoms with Crippen LogP contribution < -0.4 is 4.74 Å². The van der Waals surface area contributed by atoms with Gasteiger partial charge < -0.3 is 9.84 Å². The maximum absolute atomic E-state index is 13.5. The standard InChI is InChI=1S/C12H17FO2/c1-4-12(3,14)8-15-10-7-5-6-9(2)11(10)13/h5-7,14H,4,8H2,1-3H3. The van der Waals surface area contributed by atoms with Gasteiger partial charge in [0.25, 0.3) is 0 Å². The zero-order valence-corrected chi connectivity index (χ0v) is 9.38. The number of hydrogen-bond donors (Lipinski definition) is 1. The number of rotatable bonds is 4. The monoisotopic (exact) mass is 212 g/mol. The molecule has 1 rings (SSSR count). The van der Waals surface area contributed by atoms with Crippen LogP contribution in [0.5, 0.6) is 5.75 Å². The summed E-state index contributed by atoms with van der Waals surface area (Å²) in [6.45, 7) is 5.31. The summed E-state index contributed by atoms with van der Waals surface area (Å²) in [7, 11) is 0. The van der Waals surface area contributed by atoms with Gasteiger partial charge in [-0.15, -0.1) is 0 Å². The second-order valence-electron chi connectivity index (χ2n) is 4.03. The molecule has 1 unspecified atom stereocenters. The van der Waals surface area contributed by atoms with Crippen molar-refractivity contribution < 1.29 is 14.2 Å². The summed E-state index contributed by atoms with van der Waals surface area (Å²) >= 11 is 0. The molecule has 0 aliphatic heterocycles. The number of aliphatic hydroxyl groups is 1. The van der Waals surface area contributed by atoms with Crippen LogP contribution in [0, 0.1) is 12.7 Å². The minimum absolute atomic E-state index is 0.101. The van der Waals surface area contributed by atoms with Crippen LogP contribution in [0.25, 0.3) is 0 Å². The van der Waals surface area contributed by atoms with Gasteiger partial charge in [0.05, 0.1) is 5.60 Å². The Bertz CT molecular complexity index is 334. The third-order valence-corrected chi connectivity index (χ3v) is 2.46. The zero-order valence-electron chi connectivity index (χ0n) is 9.38. The van der Waals surface area contributed by atoms with Crippen LogP contribution in [0.15, 0.2) is 18.2 Å². The van der Waals surface area contributed by atoms with Crippen LogP contribution >= 0.6 is 0 Å². The molecule has 0 amide bonds. The summed E-state index contributed by atoms with van der Waals surface area (Å²) < 4.78 is 18.7. The first-order chi connectivity index (χ1) is 6.96. The number of aryl methyl sites for hydroxylation is 1. The van der Waals surface area contributed by atoms with Gasteiger partial charge in [-0.1, -0.05) is 19.1 Å². The molecule has 0 spiro atoms. The topological polar surface area (TPSA) is 29.5 Å². The highest BCUT2D eigenvalue weighted by atomic mass is 19.1. The van der Waals surface area contributed by atoms with Gasteiger partial charge in [0, 0.05) is 0 Å². The molecule has 1 N–H and O–H groups in total. The van der Waals surface area contributed by atoms with Crippen molar-refractivity contribution in [3.8, 4) is 5.75 Å². The highest BCUT2D eigenvalue weighted by Crippen LogP contribution is 2.21. The highest BCUT2D eigenvalue weighted by Gasteiger charge is 2.19. The van der Waals surface area contributed by atoms with E-state index in [4.69, 9.17) is 4.74 Å². The molecule has 84 valence electrons. The lowest BCUT2D eigenvalue weighted by molar-refractivity contribution is 0.00730. The summed E-state index contributed by atoms with van der Waals surface area (Å²) in [5.41, 5.74) is -0.362. The predicted molar refractivity (Wildman–Crippen MR) is 57.5 cm³/mol. The van der Waals surface area contributed by atoms with Gasteiger partial charge in [0.1, 0.15) is 6.61 Å². The van der Waals surface area contributed by atoms with Gasteiger partial charge >= 0.3 is 0 Å². The van der Waals surface area contributed by atoms with Crippen molar-refractivity contribution in [2.75, 3.05) is 6.61 Å². The SMILES string of the molecule is CCC(C)(O)COc1cccc(C)c1F. The van der Waals surface area contributed by atoms with Crippen molar-refractivity contribution in [3.05, 3.63) is 29.6 Å². The maximum Gasteiger partial charge on any atom is 0.167 e. The molecule has 3 heteroatoms. The van der Waals surface area contributed by atoms with E-state index in [0.29, 0.717) is 12.0 Å². The molecule has 0 aromatic heterocycles. The van der Waals surface area contributed by atoms with Crippen molar-refractivity contribution in [1.82, 2.24) is 0 Å². The molecular weight excluding hydrogens is 195 g/mol. The lowest BCUT2D eigenvalue weighted by atomic mass is 10.1. The summed E-state index contributed by atoms with van der Waals surface area (Å²) in [6.07, 6.45) is 0.570. The van der Waals surface area contributed by atoms with Gasteiger partial charge in [-0.05, 0) is 31.9 Å². The fourth-order valence-corrected chi connectivity index (χ4v) is 1.07. The Morgan fingerprint density at radius 3 is 2.73 bits per heavy atom. The van der Waals surface area contributed by atoms with Crippen LogP contribution in [-0.4, -0.2) is 17.3 Å².